The molecule has 6 heteroatoms. The molecule has 0 unspecified atom stereocenters. The highest BCUT2D eigenvalue weighted by Gasteiger charge is 2.16. The maximum atomic E-state index is 14.2. The number of hydrogen-bond acceptors (Lipinski definition) is 4. The van der Waals surface area contributed by atoms with Crippen molar-refractivity contribution in [3.8, 4) is 17.2 Å². The minimum Gasteiger partial charge on any atom is -0.508 e. The molecule has 0 amide bonds. The molecule has 0 aliphatic carbocycles. The number of allylic oxidation sites excluding steroid dienone is 1. The van der Waals surface area contributed by atoms with Crippen molar-refractivity contribution in [3.05, 3.63) is 108 Å². The lowest BCUT2D eigenvalue weighted by molar-refractivity contribution is 0.432. The fourth-order valence-corrected chi connectivity index (χ4v) is 3.34. The Morgan fingerprint density at radius 3 is 1.87 bits per heavy atom. The lowest BCUT2D eigenvalue weighted by Gasteiger charge is -2.18. The van der Waals surface area contributed by atoms with Crippen molar-refractivity contribution in [2.45, 2.75) is 6.54 Å². The summed E-state index contributed by atoms with van der Waals surface area (Å²) in [6.45, 7) is 0.390. The van der Waals surface area contributed by atoms with Crippen LogP contribution in [0.5, 0.6) is 17.2 Å². The van der Waals surface area contributed by atoms with Gasteiger partial charge in [-0.2, -0.15) is 0 Å². The van der Waals surface area contributed by atoms with Gasteiger partial charge in [-0.1, -0.05) is 30.3 Å². The molecule has 4 rings (SSSR count). The van der Waals surface area contributed by atoms with Gasteiger partial charge in [0.05, 0.1) is 6.33 Å². The van der Waals surface area contributed by atoms with E-state index in [1.165, 1.54) is 12.1 Å². The standard InChI is InChI=1S/C24H19FN2O3/c25-22-13-18(5-10-23(22)30)21(14-27-12-11-26-15-27)24(16-1-6-19(28)7-2-16)17-3-8-20(29)9-4-17/h1-13,15,28-30H,14H2. The Labute approximate surface area is 172 Å². The lowest BCUT2D eigenvalue weighted by atomic mass is 9.89. The van der Waals surface area contributed by atoms with E-state index in [-0.39, 0.29) is 11.5 Å². The van der Waals surface area contributed by atoms with Crippen molar-refractivity contribution in [2.24, 2.45) is 0 Å². The van der Waals surface area contributed by atoms with E-state index in [1.54, 1.807) is 67.1 Å². The highest BCUT2D eigenvalue weighted by atomic mass is 19.1. The average Bonchev–Trinajstić information content (AvgIpc) is 3.25. The maximum absolute atomic E-state index is 14.2. The van der Waals surface area contributed by atoms with E-state index in [1.807, 2.05) is 10.8 Å². The molecule has 0 atom stereocenters. The number of phenols is 3. The summed E-state index contributed by atoms with van der Waals surface area (Å²) >= 11 is 0. The Morgan fingerprint density at radius 2 is 1.37 bits per heavy atom. The third-order valence-electron chi connectivity index (χ3n) is 4.81. The Kier molecular flexibility index (Phi) is 5.22. The number of rotatable bonds is 5. The molecule has 30 heavy (non-hydrogen) atoms. The first-order valence-electron chi connectivity index (χ1n) is 9.28. The monoisotopic (exact) mass is 402 g/mol. The zero-order valence-corrected chi connectivity index (χ0v) is 15.9. The maximum Gasteiger partial charge on any atom is 0.165 e. The van der Waals surface area contributed by atoms with Gasteiger partial charge in [-0.15, -0.1) is 0 Å². The number of aromatic hydroxyl groups is 3. The fraction of sp³-hybridized carbons (Fsp3) is 0.0417. The minimum atomic E-state index is -0.716. The van der Waals surface area contributed by atoms with Gasteiger partial charge in [0.25, 0.3) is 0 Å². The molecule has 0 spiro atoms. The number of nitrogens with zero attached hydrogens (tertiary/aromatic N) is 2. The van der Waals surface area contributed by atoms with Gasteiger partial charge < -0.3 is 19.9 Å². The highest BCUT2D eigenvalue weighted by molar-refractivity contribution is 5.98. The molecule has 1 heterocycles. The Hall–Kier alpha value is -4.06. The summed E-state index contributed by atoms with van der Waals surface area (Å²) in [6.07, 6.45) is 5.14. The molecule has 3 aromatic carbocycles. The van der Waals surface area contributed by atoms with E-state index < -0.39 is 11.6 Å². The van der Waals surface area contributed by atoms with Crippen LogP contribution < -0.4 is 0 Å². The summed E-state index contributed by atoms with van der Waals surface area (Å²) in [5.41, 5.74) is 3.79. The topological polar surface area (TPSA) is 78.5 Å². The molecule has 0 aliphatic heterocycles. The highest BCUT2D eigenvalue weighted by Crippen LogP contribution is 2.35. The van der Waals surface area contributed by atoms with Gasteiger partial charge >= 0.3 is 0 Å². The van der Waals surface area contributed by atoms with Crippen LogP contribution in [-0.2, 0) is 6.54 Å². The normalized spacial score (nSPS) is 10.7. The first-order chi connectivity index (χ1) is 14.5. The van der Waals surface area contributed by atoms with Crippen LogP contribution in [0, 0.1) is 5.82 Å². The van der Waals surface area contributed by atoms with Crippen molar-refractivity contribution >= 4 is 11.1 Å². The van der Waals surface area contributed by atoms with Gasteiger partial charge in [0.1, 0.15) is 11.5 Å². The van der Waals surface area contributed by atoms with Gasteiger partial charge in [-0.05, 0) is 64.2 Å². The second kappa shape index (κ2) is 8.13. The van der Waals surface area contributed by atoms with E-state index in [0.717, 1.165) is 22.3 Å². The third kappa shape index (κ3) is 4.03. The van der Waals surface area contributed by atoms with Gasteiger partial charge in [0, 0.05) is 18.9 Å². The van der Waals surface area contributed by atoms with Crippen LogP contribution >= 0.6 is 0 Å². The Morgan fingerprint density at radius 1 is 0.800 bits per heavy atom. The van der Waals surface area contributed by atoms with Crippen LogP contribution in [0.4, 0.5) is 4.39 Å². The second-order valence-corrected chi connectivity index (χ2v) is 6.85. The summed E-state index contributed by atoms with van der Waals surface area (Å²) in [5, 5.41) is 29.1. The quantitative estimate of drug-likeness (QED) is 0.419. The van der Waals surface area contributed by atoms with Crippen molar-refractivity contribution in [3.63, 3.8) is 0 Å². The summed E-state index contributed by atoms with van der Waals surface area (Å²) in [7, 11) is 0. The first kappa shape index (κ1) is 19.3. The third-order valence-corrected chi connectivity index (χ3v) is 4.81. The summed E-state index contributed by atoms with van der Waals surface area (Å²) in [5.74, 6) is -0.866. The van der Waals surface area contributed by atoms with Crippen LogP contribution in [0.3, 0.4) is 0 Å². The lowest BCUT2D eigenvalue weighted by Crippen LogP contribution is -2.03. The SMILES string of the molecule is Oc1ccc(C(=C(Cn2ccnc2)c2ccc(O)c(F)c2)c2ccc(O)cc2)cc1. The number of benzene rings is 3. The second-order valence-electron chi connectivity index (χ2n) is 6.85. The molecule has 0 saturated heterocycles. The van der Waals surface area contributed by atoms with Crippen molar-refractivity contribution in [1.82, 2.24) is 9.55 Å². The molecule has 0 fully saturated rings. The van der Waals surface area contributed by atoms with E-state index in [2.05, 4.69) is 4.98 Å². The molecule has 0 radical (unpaired) electrons. The van der Waals surface area contributed by atoms with Crippen molar-refractivity contribution < 1.29 is 19.7 Å². The predicted molar refractivity (Wildman–Crippen MR) is 112 cm³/mol. The predicted octanol–water partition coefficient (Wildman–Crippen LogP) is 4.80. The molecule has 0 aliphatic rings. The van der Waals surface area contributed by atoms with Crippen LogP contribution in [-0.4, -0.2) is 24.9 Å². The number of imidazole rings is 1. The van der Waals surface area contributed by atoms with E-state index in [4.69, 9.17) is 0 Å². The van der Waals surface area contributed by atoms with Crippen LogP contribution in [0.15, 0.2) is 85.5 Å². The summed E-state index contributed by atoms with van der Waals surface area (Å²) < 4.78 is 16.1. The van der Waals surface area contributed by atoms with Crippen LogP contribution in [0.25, 0.3) is 11.1 Å². The average molecular weight is 402 g/mol. The smallest absolute Gasteiger partial charge is 0.165 e. The molecule has 0 saturated carbocycles. The Balaban J connectivity index is 2.01. The largest absolute Gasteiger partial charge is 0.508 e. The molecular weight excluding hydrogens is 383 g/mol. The van der Waals surface area contributed by atoms with Crippen molar-refractivity contribution in [2.75, 3.05) is 0 Å². The number of halogens is 1. The van der Waals surface area contributed by atoms with E-state index >= 15 is 0 Å². The van der Waals surface area contributed by atoms with Gasteiger partial charge in [-0.25, -0.2) is 9.37 Å². The molecular formula is C24H19FN2O3. The summed E-state index contributed by atoms with van der Waals surface area (Å²) in [4.78, 5) is 4.09. The van der Waals surface area contributed by atoms with E-state index in [0.29, 0.717) is 12.1 Å². The van der Waals surface area contributed by atoms with Crippen LogP contribution in [0.1, 0.15) is 16.7 Å². The first-order valence-corrected chi connectivity index (χ1v) is 9.28. The zero-order valence-electron chi connectivity index (χ0n) is 15.9. The zero-order chi connectivity index (χ0) is 21.1. The molecule has 5 nitrogen and oxygen atoms in total. The molecule has 1 aromatic heterocycles. The van der Waals surface area contributed by atoms with Crippen molar-refractivity contribution in [1.29, 1.82) is 0 Å². The molecule has 4 aromatic rings. The fourth-order valence-electron chi connectivity index (χ4n) is 3.34. The van der Waals surface area contributed by atoms with Crippen LogP contribution in [0.2, 0.25) is 0 Å². The Bertz CT molecular complexity index is 1130. The number of hydrogen-bond donors (Lipinski definition) is 3. The van der Waals surface area contributed by atoms with E-state index in [9.17, 15) is 19.7 Å². The van der Waals surface area contributed by atoms with Gasteiger partial charge in [0.15, 0.2) is 11.6 Å². The molecule has 3 N–H and O–H groups in total. The number of aromatic nitrogens is 2. The number of phenolic OH excluding ortho intramolecular Hbond substituents is 3. The molecule has 0 bridgehead atoms. The minimum absolute atomic E-state index is 0.135. The van der Waals surface area contributed by atoms with Gasteiger partial charge in [0.2, 0.25) is 0 Å². The molecule has 150 valence electrons. The van der Waals surface area contributed by atoms with Gasteiger partial charge in [-0.3, -0.25) is 0 Å². The summed E-state index contributed by atoms with van der Waals surface area (Å²) in [6, 6.07) is 17.7.